The molecule has 0 bridgehead atoms. The molecule has 1 aromatic rings. The number of amides is 1. The lowest BCUT2D eigenvalue weighted by molar-refractivity contribution is 0.0919. The largest absolute Gasteiger partial charge is 0.347 e. The quantitative estimate of drug-likeness (QED) is 0.917. The summed E-state index contributed by atoms with van der Waals surface area (Å²) in [7, 11) is -3.27. The van der Waals surface area contributed by atoms with Gasteiger partial charge in [0.05, 0.1) is 5.75 Å². The number of hydrogen-bond donors (Lipinski definition) is 1. The van der Waals surface area contributed by atoms with Crippen molar-refractivity contribution >= 4 is 15.9 Å². The average molecular weight is 338 g/mol. The number of carbonyl (C=O) groups is 1. The normalized spacial score (nSPS) is 17.0. The third-order valence-corrected chi connectivity index (χ3v) is 5.61. The molecule has 1 amide bonds. The van der Waals surface area contributed by atoms with Crippen LogP contribution in [0.3, 0.4) is 0 Å². The van der Waals surface area contributed by atoms with Crippen molar-refractivity contribution in [2.75, 3.05) is 13.1 Å². The van der Waals surface area contributed by atoms with Crippen molar-refractivity contribution in [3.63, 3.8) is 0 Å². The lowest BCUT2D eigenvalue weighted by Crippen LogP contribution is -2.40. The fraction of sp³-hybridized carbons (Fsp3) is 0.588. The summed E-state index contributed by atoms with van der Waals surface area (Å²) in [5.41, 5.74) is 0.954. The minimum Gasteiger partial charge on any atom is -0.347 e. The van der Waals surface area contributed by atoms with Gasteiger partial charge in [-0.05, 0) is 51.3 Å². The summed E-state index contributed by atoms with van der Waals surface area (Å²) >= 11 is 0. The predicted molar refractivity (Wildman–Crippen MR) is 91.7 cm³/mol. The Labute approximate surface area is 139 Å². The van der Waals surface area contributed by atoms with Crippen molar-refractivity contribution in [1.82, 2.24) is 9.62 Å². The van der Waals surface area contributed by atoms with Crippen LogP contribution in [0.4, 0.5) is 0 Å². The highest BCUT2D eigenvalue weighted by atomic mass is 32.2. The molecule has 5 nitrogen and oxygen atoms in total. The summed E-state index contributed by atoms with van der Waals surface area (Å²) < 4.78 is 26.4. The zero-order chi connectivity index (χ0) is 17.1. The first-order valence-corrected chi connectivity index (χ1v) is 9.68. The Morgan fingerprint density at radius 3 is 2.17 bits per heavy atom. The fourth-order valence-electron chi connectivity index (χ4n) is 2.61. The maximum Gasteiger partial charge on any atom is 0.251 e. The Morgan fingerprint density at radius 1 is 1.09 bits per heavy atom. The lowest BCUT2D eigenvalue weighted by atomic mass is 10.1. The number of nitrogens with zero attached hydrogens (tertiary/aromatic N) is 1. The zero-order valence-electron chi connectivity index (χ0n) is 14.1. The molecule has 1 aliphatic heterocycles. The second-order valence-corrected chi connectivity index (χ2v) is 9.09. The minimum absolute atomic E-state index is 0.00578. The van der Waals surface area contributed by atoms with Gasteiger partial charge in [-0.15, -0.1) is 0 Å². The third-order valence-electron chi connectivity index (χ3n) is 3.76. The molecule has 6 heteroatoms. The fourth-order valence-corrected chi connectivity index (χ4v) is 4.22. The van der Waals surface area contributed by atoms with Gasteiger partial charge in [0.2, 0.25) is 10.0 Å². The Balaban J connectivity index is 2.03. The average Bonchev–Trinajstić information content (AvgIpc) is 2.47. The van der Waals surface area contributed by atoms with Gasteiger partial charge in [0.1, 0.15) is 0 Å². The SMILES string of the molecule is CC(C)(C)NC(=O)c1ccc(CS(=O)(=O)N2CCCCC2)cc1. The van der Waals surface area contributed by atoms with E-state index >= 15 is 0 Å². The number of piperidine rings is 1. The van der Waals surface area contributed by atoms with E-state index in [0.29, 0.717) is 24.2 Å². The standard InChI is InChI=1S/C17H26N2O3S/c1-17(2,3)18-16(20)15-9-7-14(8-10-15)13-23(21,22)19-11-5-4-6-12-19/h7-10H,4-6,11-13H2,1-3H3,(H,18,20). The molecule has 1 fully saturated rings. The van der Waals surface area contributed by atoms with Gasteiger partial charge in [-0.25, -0.2) is 12.7 Å². The number of hydrogen-bond acceptors (Lipinski definition) is 3. The molecule has 1 N–H and O–H groups in total. The Morgan fingerprint density at radius 2 is 1.65 bits per heavy atom. The van der Waals surface area contributed by atoms with Gasteiger partial charge < -0.3 is 5.32 Å². The van der Waals surface area contributed by atoms with Crippen LogP contribution in [0.25, 0.3) is 0 Å². The van der Waals surface area contributed by atoms with Crippen LogP contribution in [0.15, 0.2) is 24.3 Å². The molecular formula is C17H26N2O3S. The first kappa shape index (κ1) is 17.9. The maximum absolute atomic E-state index is 12.4. The topological polar surface area (TPSA) is 66.5 Å². The molecule has 1 aliphatic rings. The van der Waals surface area contributed by atoms with E-state index in [9.17, 15) is 13.2 Å². The van der Waals surface area contributed by atoms with Crippen LogP contribution in [0.5, 0.6) is 0 Å². The van der Waals surface area contributed by atoms with Gasteiger partial charge in [-0.1, -0.05) is 18.6 Å². The Hall–Kier alpha value is -1.40. The van der Waals surface area contributed by atoms with Crippen LogP contribution < -0.4 is 5.32 Å². The van der Waals surface area contributed by atoms with Crippen LogP contribution in [0.2, 0.25) is 0 Å². The second-order valence-electron chi connectivity index (χ2n) is 7.12. The molecule has 1 aromatic carbocycles. The predicted octanol–water partition coefficient (Wildman–Crippen LogP) is 2.53. The molecule has 0 saturated carbocycles. The first-order chi connectivity index (χ1) is 10.7. The van der Waals surface area contributed by atoms with Crippen molar-refractivity contribution in [1.29, 1.82) is 0 Å². The molecule has 0 unspecified atom stereocenters. The van der Waals surface area contributed by atoms with Gasteiger partial charge in [-0.2, -0.15) is 0 Å². The molecule has 1 saturated heterocycles. The highest BCUT2D eigenvalue weighted by Crippen LogP contribution is 2.17. The molecule has 0 aliphatic carbocycles. The van der Waals surface area contributed by atoms with E-state index in [-0.39, 0.29) is 17.2 Å². The summed E-state index contributed by atoms with van der Waals surface area (Å²) in [5.74, 6) is -0.156. The molecule has 0 spiro atoms. The summed E-state index contributed by atoms with van der Waals surface area (Å²) in [4.78, 5) is 12.1. The van der Waals surface area contributed by atoms with Crippen LogP contribution >= 0.6 is 0 Å². The molecule has 0 aromatic heterocycles. The second kappa shape index (κ2) is 7.01. The lowest BCUT2D eigenvalue weighted by Gasteiger charge is -2.25. The van der Waals surface area contributed by atoms with Crippen LogP contribution in [-0.4, -0.2) is 37.3 Å². The maximum atomic E-state index is 12.4. The summed E-state index contributed by atoms with van der Waals surface area (Å²) in [6, 6.07) is 6.81. The Bertz CT molecular complexity index is 639. The minimum atomic E-state index is -3.27. The summed E-state index contributed by atoms with van der Waals surface area (Å²) in [5, 5.41) is 2.89. The molecular weight excluding hydrogens is 312 g/mol. The monoisotopic (exact) mass is 338 g/mol. The number of nitrogens with one attached hydrogen (secondary N) is 1. The zero-order valence-corrected chi connectivity index (χ0v) is 14.9. The van der Waals surface area contributed by atoms with E-state index in [2.05, 4.69) is 5.32 Å². The van der Waals surface area contributed by atoms with Gasteiger partial charge >= 0.3 is 0 Å². The van der Waals surface area contributed by atoms with Crippen LogP contribution in [0, 0.1) is 0 Å². The van der Waals surface area contributed by atoms with E-state index in [1.54, 1.807) is 28.6 Å². The molecule has 23 heavy (non-hydrogen) atoms. The van der Waals surface area contributed by atoms with Gasteiger partial charge in [-0.3, -0.25) is 4.79 Å². The summed E-state index contributed by atoms with van der Waals surface area (Å²) in [6.45, 7) is 7.00. The Kier molecular flexibility index (Phi) is 5.47. The van der Waals surface area contributed by atoms with E-state index in [1.807, 2.05) is 20.8 Å². The first-order valence-electron chi connectivity index (χ1n) is 8.07. The van der Waals surface area contributed by atoms with Gasteiger partial charge in [0.25, 0.3) is 5.91 Å². The molecule has 1 heterocycles. The number of benzene rings is 1. The van der Waals surface area contributed by atoms with Crippen molar-refractivity contribution in [2.24, 2.45) is 0 Å². The van der Waals surface area contributed by atoms with Gasteiger partial charge in [0, 0.05) is 24.2 Å². The molecule has 2 rings (SSSR count). The van der Waals surface area contributed by atoms with Crippen molar-refractivity contribution in [2.45, 2.75) is 51.3 Å². The van der Waals surface area contributed by atoms with Crippen molar-refractivity contribution in [3.05, 3.63) is 35.4 Å². The van der Waals surface area contributed by atoms with E-state index in [0.717, 1.165) is 19.3 Å². The summed E-state index contributed by atoms with van der Waals surface area (Å²) in [6.07, 6.45) is 2.97. The van der Waals surface area contributed by atoms with Crippen molar-refractivity contribution < 1.29 is 13.2 Å². The highest BCUT2D eigenvalue weighted by molar-refractivity contribution is 7.88. The van der Waals surface area contributed by atoms with Crippen LogP contribution in [-0.2, 0) is 15.8 Å². The number of carbonyl (C=O) groups excluding carboxylic acids is 1. The number of rotatable bonds is 4. The van der Waals surface area contributed by atoms with Crippen molar-refractivity contribution in [3.8, 4) is 0 Å². The molecule has 0 radical (unpaired) electrons. The molecule has 128 valence electrons. The van der Waals surface area contributed by atoms with Crippen LogP contribution in [0.1, 0.15) is 56.0 Å². The smallest absolute Gasteiger partial charge is 0.251 e. The van der Waals surface area contributed by atoms with E-state index < -0.39 is 10.0 Å². The molecule has 0 atom stereocenters. The number of sulfonamides is 1. The van der Waals surface area contributed by atoms with E-state index in [4.69, 9.17) is 0 Å². The van der Waals surface area contributed by atoms with Gasteiger partial charge in [0.15, 0.2) is 0 Å². The highest BCUT2D eigenvalue weighted by Gasteiger charge is 2.24. The van der Waals surface area contributed by atoms with E-state index in [1.165, 1.54) is 0 Å². The third kappa shape index (κ3) is 5.32.